The highest BCUT2D eigenvalue weighted by Gasteiger charge is 2.30. The normalized spacial score (nSPS) is 16.5. The zero-order valence-electron chi connectivity index (χ0n) is 12.2. The van der Waals surface area contributed by atoms with E-state index in [4.69, 9.17) is 16.0 Å². The molecule has 0 unspecified atom stereocenters. The Morgan fingerprint density at radius 1 is 1.04 bits per heavy atom. The van der Waals surface area contributed by atoms with Gasteiger partial charge in [-0.15, -0.1) is 0 Å². The van der Waals surface area contributed by atoms with Crippen molar-refractivity contribution in [2.75, 3.05) is 26.2 Å². The second-order valence-electron chi connectivity index (χ2n) is 5.16. The molecule has 8 heteroatoms. The van der Waals surface area contributed by atoms with Gasteiger partial charge in [0.05, 0.1) is 16.7 Å². The van der Waals surface area contributed by atoms with Gasteiger partial charge < -0.3 is 9.32 Å². The van der Waals surface area contributed by atoms with Gasteiger partial charge in [0, 0.05) is 31.2 Å². The topological polar surface area (TPSA) is 70.8 Å². The van der Waals surface area contributed by atoms with E-state index in [1.54, 1.807) is 23.1 Å². The van der Waals surface area contributed by atoms with E-state index in [0.717, 1.165) is 0 Å². The van der Waals surface area contributed by atoms with E-state index < -0.39 is 10.0 Å². The Labute approximate surface area is 139 Å². The summed E-state index contributed by atoms with van der Waals surface area (Å²) in [5, 5.41) is 0.486. The maximum atomic E-state index is 12.6. The summed E-state index contributed by atoms with van der Waals surface area (Å²) in [7, 11) is -3.56. The van der Waals surface area contributed by atoms with Gasteiger partial charge >= 0.3 is 0 Å². The predicted octanol–water partition coefficient (Wildman–Crippen LogP) is 2.08. The number of hydrogen-bond acceptors (Lipinski definition) is 4. The van der Waals surface area contributed by atoms with E-state index in [0.29, 0.717) is 23.7 Å². The smallest absolute Gasteiger partial charge is 0.257 e. The number of rotatable bonds is 3. The lowest BCUT2D eigenvalue weighted by molar-refractivity contribution is 0.0697. The van der Waals surface area contributed by atoms with E-state index in [-0.39, 0.29) is 23.9 Å². The van der Waals surface area contributed by atoms with Crippen LogP contribution in [0.2, 0.25) is 5.02 Å². The van der Waals surface area contributed by atoms with Crippen LogP contribution >= 0.6 is 11.6 Å². The summed E-state index contributed by atoms with van der Waals surface area (Å²) >= 11 is 5.79. The third kappa shape index (κ3) is 3.26. The molecule has 122 valence electrons. The summed E-state index contributed by atoms with van der Waals surface area (Å²) in [5.41, 5.74) is 0.471. The quantitative estimate of drug-likeness (QED) is 0.846. The number of amides is 1. The summed E-state index contributed by atoms with van der Waals surface area (Å²) in [5.74, 6) is -0.151. The molecule has 6 nitrogen and oxygen atoms in total. The van der Waals surface area contributed by atoms with Crippen LogP contribution < -0.4 is 0 Å². The van der Waals surface area contributed by atoms with Gasteiger partial charge in [0.15, 0.2) is 0 Å². The molecule has 0 radical (unpaired) electrons. The van der Waals surface area contributed by atoms with Gasteiger partial charge in [-0.05, 0) is 30.3 Å². The second-order valence-corrected chi connectivity index (χ2v) is 7.54. The van der Waals surface area contributed by atoms with Crippen molar-refractivity contribution in [2.24, 2.45) is 0 Å². The molecule has 0 N–H and O–H groups in total. The predicted molar refractivity (Wildman–Crippen MR) is 84.8 cm³/mol. The van der Waals surface area contributed by atoms with Crippen LogP contribution in [0.5, 0.6) is 0 Å². The van der Waals surface area contributed by atoms with Crippen LogP contribution in [-0.2, 0) is 10.0 Å². The van der Waals surface area contributed by atoms with E-state index in [1.807, 2.05) is 0 Å². The molecule has 1 aliphatic heterocycles. The van der Waals surface area contributed by atoms with Crippen LogP contribution in [0.25, 0.3) is 0 Å². The minimum absolute atomic E-state index is 0.151. The molecule has 3 rings (SSSR count). The molecule has 1 aromatic heterocycles. The fourth-order valence-electron chi connectivity index (χ4n) is 2.46. The Kier molecular flexibility index (Phi) is 4.43. The standard InChI is InChI=1S/C15H15ClN2O4S/c16-13-1-3-14(4-2-13)23(20,21)18-8-6-17(7-9-18)15(19)12-5-10-22-11-12/h1-5,10-11H,6-9H2. The first-order valence-corrected chi connectivity index (χ1v) is 8.87. The highest BCUT2D eigenvalue weighted by atomic mass is 35.5. The Hall–Kier alpha value is -1.83. The van der Waals surface area contributed by atoms with Crippen molar-refractivity contribution in [3.05, 3.63) is 53.4 Å². The first-order chi connectivity index (χ1) is 11.0. The summed E-state index contributed by atoms with van der Waals surface area (Å²) in [6.45, 7) is 1.21. The van der Waals surface area contributed by atoms with Gasteiger partial charge in [0.1, 0.15) is 6.26 Å². The van der Waals surface area contributed by atoms with Crippen molar-refractivity contribution < 1.29 is 17.6 Å². The molecular weight excluding hydrogens is 340 g/mol. The van der Waals surface area contributed by atoms with Crippen molar-refractivity contribution in [3.8, 4) is 0 Å². The number of benzene rings is 1. The molecule has 0 atom stereocenters. The summed E-state index contributed by atoms with van der Waals surface area (Å²) in [4.78, 5) is 14.0. The van der Waals surface area contributed by atoms with E-state index in [1.165, 1.54) is 29.0 Å². The monoisotopic (exact) mass is 354 g/mol. The molecule has 1 amide bonds. The number of carbonyl (C=O) groups excluding carboxylic acids is 1. The number of hydrogen-bond donors (Lipinski definition) is 0. The molecule has 2 heterocycles. The van der Waals surface area contributed by atoms with Crippen molar-refractivity contribution >= 4 is 27.5 Å². The molecule has 23 heavy (non-hydrogen) atoms. The Morgan fingerprint density at radius 3 is 2.26 bits per heavy atom. The maximum Gasteiger partial charge on any atom is 0.257 e. The lowest BCUT2D eigenvalue weighted by Gasteiger charge is -2.33. The van der Waals surface area contributed by atoms with Crippen molar-refractivity contribution in [1.82, 2.24) is 9.21 Å². The molecule has 2 aromatic rings. The summed E-state index contributed by atoms with van der Waals surface area (Å²) in [6, 6.07) is 7.67. The van der Waals surface area contributed by atoms with Gasteiger partial charge in [0.25, 0.3) is 5.91 Å². The van der Waals surface area contributed by atoms with Crippen LogP contribution in [0.15, 0.2) is 52.2 Å². The molecular formula is C15H15ClN2O4S. The van der Waals surface area contributed by atoms with E-state index >= 15 is 0 Å². The third-order valence-corrected chi connectivity index (χ3v) is 5.91. The molecule has 1 aliphatic rings. The lowest BCUT2D eigenvalue weighted by Crippen LogP contribution is -2.50. The zero-order chi connectivity index (χ0) is 16.4. The summed E-state index contributed by atoms with van der Waals surface area (Å²) < 4.78 is 31.4. The van der Waals surface area contributed by atoms with Gasteiger partial charge in [-0.1, -0.05) is 11.6 Å². The average Bonchev–Trinajstić information content (AvgIpc) is 3.09. The number of furan rings is 1. The Bertz CT molecular complexity index is 779. The van der Waals surface area contributed by atoms with Crippen LogP contribution in [0.3, 0.4) is 0 Å². The minimum atomic E-state index is -3.56. The van der Waals surface area contributed by atoms with Gasteiger partial charge in [-0.3, -0.25) is 4.79 Å². The van der Waals surface area contributed by atoms with E-state index in [2.05, 4.69) is 0 Å². The molecule has 1 saturated heterocycles. The molecule has 1 aromatic carbocycles. The lowest BCUT2D eigenvalue weighted by atomic mass is 10.2. The fraction of sp³-hybridized carbons (Fsp3) is 0.267. The maximum absolute atomic E-state index is 12.6. The fourth-order valence-corrected chi connectivity index (χ4v) is 4.00. The van der Waals surface area contributed by atoms with Gasteiger partial charge in [0.2, 0.25) is 10.0 Å². The third-order valence-electron chi connectivity index (χ3n) is 3.75. The number of halogens is 1. The summed E-state index contributed by atoms with van der Waals surface area (Å²) in [6.07, 6.45) is 2.83. The Balaban J connectivity index is 1.69. The second kappa shape index (κ2) is 6.35. The highest BCUT2D eigenvalue weighted by molar-refractivity contribution is 7.89. The van der Waals surface area contributed by atoms with Crippen molar-refractivity contribution in [2.45, 2.75) is 4.90 Å². The van der Waals surface area contributed by atoms with Crippen LogP contribution in [0.1, 0.15) is 10.4 Å². The molecule has 0 aliphatic carbocycles. The van der Waals surface area contributed by atoms with Crippen LogP contribution in [-0.4, -0.2) is 49.7 Å². The first-order valence-electron chi connectivity index (χ1n) is 7.06. The van der Waals surface area contributed by atoms with Crippen molar-refractivity contribution in [3.63, 3.8) is 0 Å². The van der Waals surface area contributed by atoms with E-state index in [9.17, 15) is 13.2 Å². The van der Waals surface area contributed by atoms with Crippen LogP contribution in [0.4, 0.5) is 0 Å². The minimum Gasteiger partial charge on any atom is -0.472 e. The Morgan fingerprint density at radius 2 is 1.70 bits per heavy atom. The zero-order valence-corrected chi connectivity index (χ0v) is 13.8. The SMILES string of the molecule is O=C(c1ccoc1)N1CCN(S(=O)(=O)c2ccc(Cl)cc2)CC1. The van der Waals surface area contributed by atoms with Crippen molar-refractivity contribution in [1.29, 1.82) is 0 Å². The van der Waals surface area contributed by atoms with Gasteiger partial charge in [-0.25, -0.2) is 8.42 Å². The number of nitrogens with zero attached hydrogens (tertiary/aromatic N) is 2. The molecule has 0 saturated carbocycles. The van der Waals surface area contributed by atoms with Gasteiger partial charge in [-0.2, -0.15) is 4.31 Å². The first kappa shape index (κ1) is 16.0. The number of sulfonamides is 1. The largest absolute Gasteiger partial charge is 0.472 e. The molecule has 1 fully saturated rings. The highest BCUT2D eigenvalue weighted by Crippen LogP contribution is 2.20. The van der Waals surface area contributed by atoms with Crippen LogP contribution in [0, 0.1) is 0 Å². The average molecular weight is 355 g/mol. The number of piperazine rings is 1. The number of carbonyl (C=O) groups is 1. The molecule has 0 bridgehead atoms. The molecule has 0 spiro atoms.